The van der Waals surface area contributed by atoms with E-state index in [0.717, 1.165) is 5.75 Å². The molecule has 0 fully saturated rings. The van der Waals surface area contributed by atoms with E-state index in [4.69, 9.17) is 4.74 Å². The first-order chi connectivity index (χ1) is 16.7. The van der Waals surface area contributed by atoms with E-state index < -0.39 is 0 Å². The molecule has 0 aliphatic carbocycles. The second-order valence-corrected chi connectivity index (χ2v) is 10.6. The Morgan fingerprint density at radius 1 is 0.486 bits per heavy atom. The highest BCUT2D eigenvalue weighted by atomic mass is 16.5. The average molecular weight is 463 g/mol. The van der Waals surface area contributed by atoms with Gasteiger partial charge in [-0.1, -0.05) is 124 Å². The molecular formula is C34H38O. The smallest absolute Gasteiger partial charge is 0.127 e. The zero-order valence-corrected chi connectivity index (χ0v) is 22.0. The number of benzene rings is 4. The van der Waals surface area contributed by atoms with Crippen LogP contribution in [0.5, 0.6) is 5.75 Å². The first kappa shape index (κ1) is 24.8. The lowest BCUT2D eigenvalue weighted by Gasteiger charge is -2.31. The molecule has 0 amide bonds. The number of hydrogen-bond donors (Lipinski definition) is 0. The van der Waals surface area contributed by atoms with Crippen LogP contribution in [0.15, 0.2) is 103 Å². The van der Waals surface area contributed by atoms with Crippen LogP contribution in [-0.4, -0.2) is 5.60 Å². The maximum atomic E-state index is 6.79. The van der Waals surface area contributed by atoms with Crippen molar-refractivity contribution in [3.63, 3.8) is 0 Å². The normalized spacial score (nSPS) is 14.2. The lowest BCUT2D eigenvalue weighted by Crippen LogP contribution is -2.25. The second-order valence-electron chi connectivity index (χ2n) is 10.6. The topological polar surface area (TPSA) is 9.23 Å². The van der Waals surface area contributed by atoms with Crippen molar-refractivity contribution in [2.45, 2.75) is 64.9 Å². The molecule has 0 radical (unpaired) electrons. The molecule has 0 saturated heterocycles. The molecule has 0 aliphatic heterocycles. The Hall–Kier alpha value is -3.32. The summed E-state index contributed by atoms with van der Waals surface area (Å²) >= 11 is 0. The molecule has 180 valence electrons. The minimum Gasteiger partial charge on any atom is -0.488 e. The Bertz CT molecular complexity index is 1150. The summed E-state index contributed by atoms with van der Waals surface area (Å²) in [5, 5.41) is 0. The molecule has 3 atom stereocenters. The van der Waals surface area contributed by atoms with Gasteiger partial charge in [0.25, 0.3) is 0 Å². The largest absolute Gasteiger partial charge is 0.488 e. The summed E-state index contributed by atoms with van der Waals surface area (Å²) in [6, 6.07) is 37.1. The first-order valence-electron chi connectivity index (χ1n) is 12.8. The minimum absolute atomic E-state index is 0.207. The van der Waals surface area contributed by atoms with Crippen molar-refractivity contribution in [3.05, 3.63) is 137 Å². The highest BCUT2D eigenvalue weighted by Crippen LogP contribution is 2.43. The summed E-state index contributed by atoms with van der Waals surface area (Å²) in [6.45, 7) is 13.3. The molecule has 0 heterocycles. The summed E-state index contributed by atoms with van der Waals surface area (Å²) < 4.78 is 6.79. The molecule has 4 aromatic rings. The highest BCUT2D eigenvalue weighted by Gasteiger charge is 2.27. The van der Waals surface area contributed by atoms with Gasteiger partial charge in [0.2, 0.25) is 0 Å². The highest BCUT2D eigenvalue weighted by molar-refractivity contribution is 5.54. The number of rotatable bonds is 7. The third kappa shape index (κ3) is 5.85. The fourth-order valence-corrected chi connectivity index (χ4v) is 4.79. The van der Waals surface area contributed by atoms with Crippen LogP contribution in [0.25, 0.3) is 0 Å². The maximum absolute atomic E-state index is 6.79. The summed E-state index contributed by atoms with van der Waals surface area (Å²) in [5.41, 5.74) is 7.46. The van der Waals surface area contributed by atoms with Gasteiger partial charge in [0.1, 0.15) is 11.4 Å². The summed E-state index contributed by atoms with van der Waals surface area (Å²) in [7, 11) is 0. The van der Waals surface area contributed by atoms with Crippen molar-refractivity contribution in [3.8, 4) is 5.75 Å². The third-order valence-corrected chi connectivity index (χ3v) is 6.91. The molecule has 0 bridgehead atoms. The minimum atomic E-state index is -0.303. The van der Waals surface area contributed by atoms with Crippen molar-refractivity contribution < 1.29 is 4.74 Å². The molecule has 35 heavy (non-hydrogen) atoms. The van der Waals surface area contributed by atoms with Gasteiger partial charge in [-0.15, -0.1) is 0 Å². The van der Waals surface area contributed by atoms with Crippen LogP contribution in [0.3, 0.4) is 0 Å². The zero-order valence-electron chi connectivity index (χ0n) is 22.0. The van der Waals surface area contributed by atoms with E-state index in [0.29, 0.717) is 0 Å². The van der Waals surface area contributed by atoms with Gasteiger partial charge in [-0.3, -0.25) is 0 Å². The van der Waals surface area contributed by atoms with Gasteiger partial charge < -0.3 is 4.74 Å². The van der Waals surface area contributed by atoms with E-state index in [1.54, 1.807) is 0 Å². The van der Waals surface area contributed by atoms with Crippen LogP contribution in [-0.2, 0) is 0 Å². The van der Waals surface area contributed by atoms with Gasteiger partial charge >= 0.3 is 0 Å². The summed E-state index contributed by atoms with van der Waals surface area (Å²) in [6.07, 6.45) is 0. The lowest BCUT2D eigenvalue weighted by molar-refractivity contribution is 0.127. The fraction of sp³-hybridized carbons (Fsp3) is 0.294. The molecule has 4 aromatic carbocycles. The van der Waals surface area contributed by atoms with E-state index in [2.05, 4.69) is 145 Å². The molecule has 4 rings (SSSR count). The van der Waals surface area contributed by atoms with Crippen LogP contribution < -0.4 is 4.74 Å². The lowest BCUT2D eigenvalue weighted by atomic mass is 9.81. The van der Waals surface area contributed by atoms with Crippen LogP contribution in [0.1, 0.15) is 92.7 Å². The molecule has 0 spiro atoms. The standard InChI is InChI=1S/C34H38O/c1-24(27-16-10-7-11-17-27)30-22-31(25(2)28-18-12-8-13-19-28)33(35-34(4,5)6)32(23-30)26(3)29-20-14-9-15-21-29/h7-26H,1-6H3. The van der Waals surface area contributed by atoms with Crippen LogP contribution in [0, 0.1) is 0 Å². The van der Waals surface area contributed by atoms with Gasteiger partial charge in [-0.25, -0.2) is 0 Å². The predicted octanol–water partition coefficient (Wildman–Crippen LogP) is 9.32. The molecule has 0 aliphatic rings. The van der Waals surface area contributed by atoms with Crippen molar-refractivity contribution in [2.24, 2.45) is 0 Å². The van der Waals surface area contributed by atoms with E-state index in [-0.39, 0.29) is 23.4 Å². The van der Waals surface area contributed by atoms with E-state index in [9.17, 15) is 0 Å². The molecule has 0 N–H and O–H groups in total. The van der Waals surface area contributed by atoms with Gasteiger partial charge in [0.05, 0.1) is 0 Å². The fourth-order valence-electron chi connectivity index (χ4n) is 4.79. The van der Waals surface area contributed by atoms with Gasteiger partial charge in [0, 0.05) is 28.9 Å². The average Bonchev–Trinajstić information content (AvgIpc) is 2.88. The van der Waals surface area contributed by atoms with Gasteiger partial charge in [0.15, 0.2) is 0 Å². The Labute approximate surface area is 211 Å². The quantitative estimate of drug-likeness (QED) is 0.266. The van der Waals surface area contributed by atoms with Gasteiger partial charge in [-0.2, -0.15) is 0 Å². The second kappa shape index (κ2) is 10.5. The van der Waals surface area contributed by atoms with E-state index >= 15 is 0 Å². The molecule has 0 aromatic heterocycles. The Balaban J connectivity index is 1.95. The van der Waals surface area contributed by atoms with Crippen LogP contribution >= 0.6 is 0 Å². The number of hydrogen-bond acceptors (Lipinski definition) is 1. The molecular weight excluding hydrogens is 424 g/mol. The summed E-state index contributed by atoms with van der Waals surface area (Å²) in [4.78, 5) is 0. The third-order valence-electron chi connectivity index (χ3n) is 6.91. The van der Waals surface area contributed by atoms with Crippen molar-refractivity contribution in [1.29, 1.82) is 0 Å². The van der Waals surface area contributed by atoms with E-state index in [1.807, 2.05) is 0 Å². The summed E-state index contributed by atoms with van der Waals surface area (Å²) in [5.74, 6) is 1.72. The van der Waals surface area contributed by atoms with Crippen LogP contribution in [0.2, 0.25) is 0 Å². The maximum Gasteiger partial charge on any atom is 0.127 e. The zero-order chi connectivity index (χ0) is 25.0. The van der Waals surface area contributed by atoms with Crippen molar-refractivity contribution in [2.75, 3.05) is 0 Å². The Morgan fingerprint density at radius 3 is 1.17 bits per heavy atom. The van der Waals surface area contributed by atoms with Gasteiger partial charge in [-0.05, 0) is 43.0 Å². The molecule has 3 unspecified atom stereocenters. The Morgan fingerprint density at radius 2 is 0.829 bits per heavy atom. The monoisotopic (exact) mass is 462 g/mol. The van der Waals surface area contributed by atoms with Crippen molar-refractivity contribution >= 4 is 0 Å². The van der Waals surface area contributed by atoms with Crippen LogP contribution in [0.4, 0.5) is 0 Å². The van der Waals surface area contributed by atoms with Crippen molar-refractivity contribution in [1.82, 2.24) is 0 Å². The molecule has 0 saturated carbocycles. The Kier molecular flexibility index (Phi) is 7.45. The molecule has 1 heteroatoms. The first-order valence-corrected chi connectivity index (χ1v) is 12.8. The number of ether oxygens (including phenoxy) is 1. The van der Waals surface area contributed by atoms with E-state index in [1.165, 1.54) is 33.4 Å². The predicted molar refractivity (Wildman–Crippen MR) is 149 cm³/mol. The SMILES string of the molecule is CC(c1ccccc1)c1cc(C(C)c2ccccc2)c(OC(C)(C)C)c(C(C)c2ccccc2)c1. The molecule has 1 nitrogen and oxygen atoms in total.